The van der Waals surface area contributed by atoms with Gasteiger partial charge in [0.1, 0.15) is 0 Å². The smallest absolute Gasteiger partial charge is 0.251 e. The number of hydrogen-bond acceptors (Lipinski definition) is 3. The summed E-state index contributed by atoms with van der Waals surface area (Å²) in [6.07, 6.45) is 2.82. The first kappa shape index (κ1) is 17.7. The van der Waals surface area contributed by atoms with Gasteiger partial charge in [0.25, 0.3) is 5.91 Å². The third-order valence-corrected chi connectivity index (χ3v) is 3.58. The molecule has 118 valence electrons. The van der Waals surface area contributed by atoms with Crippen LogP contribution < -0.4 is 5.32 Å². The van der Waals surface area contributed by atoms with E-state index in [1.807, 2.05) is 13.8 Å². The van der Waals surface area contributed by atoms with Crippen LogP contribution in [0.25, 0.3) is 0 Å². The molecule has 1 atom stereocenters. The summed E-state index contributed by atoms with van der Waals surface area (Å²) in [5.74, 6) is -0.164. The lowest BCUT2D eigenvalue weighted by molar-refractivity contribution is 0.0899. The molecule has 0 spiro atoms. The van der Waals surface area contributed by atoms with Gasteiger partial charge in [-0.3, -0.25) is 4.79 Å². The summed E-state index contributed by atoms with van der Waals surface area (Å²) >= 11 is 0. The number of carbonyl (C=O) groups excluding carboxylic acids is 1. The molecule has 3 N–H and O–H groups in total. The van der Waals surface area contributed by atoms with E-state index < -0.39 is 11.6 Å². The van der Waals surface area contributed by atoms with E-state index in [1.165, 1.54) is 0 Å². The van der Waals surface area contributed by atoms with Crippen molar-refractivity contribution < 1.29 is 15.0 Å². The van der Waals surface area contributed by atoms with Crippen molar-refractivity contribution in [2.45, 2.75) is 58.1 Å². The zero-order chi connectivity index (χ0) is 15.9. The van der Waals surface area contributed by atoms with Crippen molar-refractivity contribution in [3.8, 4) is 0 Å². The summed E-state index contributed by atoms with van der Waals surface area (Å²) in [6, 6.07) is 7.06. The number of nitrogens with one attached hydrogen (secondary N) is 1. The topological polar surface area (TPSA) is 69.6 Å². The molecule has 1 unspecified atom stereocenters. The third-order valence-electron chi connectivity index (χ3n) is 3.58. The van der Waals surface area contributed by atoms with Crippen LogP contribution >= 0.6 is 0 Å². The summed E-state index contributed by atoms with van der Waals surface area (Å²) in [4.78, 5) is 12.1. The molecule has 0 heterocycles. The summed E-state index contributed by atoms with van der Waals surface area (Å²) < 4.78 is 0. The first-order valence-corrected chi connectivity index (χ1v) is 7.61. The molecule has 0 aliphatic rings. The lowest BCUT2D eigenvalue weighted by atomic mass is 9.99. The second kappa shape index (κ2) is 8.15. The molecule has 4 nitrogen and oxygen atoms in total. The molecule has 0 aliphatic heterocycles. The Labute approximate surface area is 127 Å². The summed E-state index contributed by atoms with van der Waals surface area (Å²) in [6.45, 7) is 5.89. The minimum Gasteiger partial charge on any atom is -0.396 e. The Bertz CT molecular complexity index is 440. The molecule has 0 aromatic heterocycles. The first-order valence-electron chi connectivity index (χ1n) is 7.61. The normalized spacial score (nSPS) is 13.0. The molecule has 0 bridgehead atoms. The number of aliphatic hydroxyl groups is 2. The quantitative estimate of drug-likeness (QED) is 0.690. The molecule has 1 aromatic rings. The largest absolute Gasteiger partial charge is 0.396 e. The van der Waals surface area contributed by atoms with E-state index >= 15 is 0 Å². The predicted octanol–water partition coefficient (Wildman–Crippen LogP) is 2.80. The minimum absolute atomic E-state index is 0.0375. The monoisotopic (exact) mass is 293 g/mol. The maximum absolute atomic E-state index is 12.1. The van der Waals surface area contributed by atoms with Gasteiger partial charge in [0.2, 0.25) is 0 Å². The molecule has 1 aromatic carbocycles. The SMILES string of the molecule is CCCCC(O)c1ccc(C(=O)NC(C)(C)CCO)cc1. The molecule has 0 fully saturated rings. The van der Waals surface area contributed by atoms with Gasteiger partial charge in [-0.05, 0) is 44.4 Å². The van der Waals surface area contributed by atoms with E-state index in [4.69, 9.17) is 5.11 Å². The zero-order valence-electron chi connectivity index (χ0n) is 13.2. The highest BCUT2D eigenvalue weighted by Gasteiger charge is 2.20. The fourth-order valence-corrected chi connectivity index (χ4v) is 2.14. The number of amides is 1. The van der Waals surface area contributed by atoms with Crippen molar-refractivity contribution in [1.29, 1.82) is 0 Å². The minimum atomic E-state index is -0.465. The molecule has 1 amide bonds. The molecule has 0 radical (unpaired) electrons. The van der Waals surface area contributed by atoms with E-state index in [1.54, 1.807) is 24.3 Å². The molecular formula is C17H27NO3. The summed E-state index contributed by atoms with van der Waals surface area (Å²) in [7, 11) is 0. The molecule has 21 heavy (non-hydrogen) atoms. The van der Waals surface area contributed by atoms with E-state index in [0.717, 1.165) is 24.8 Å². The lowest BCUT2D eigenvalue weighted by Gasteiger charge is -2.25. The van der Waals surface area contributed by atoms with Crippen LogP contribution in [-0.4, -0.2) is 28.3 Å². The standard InChI is InChI=1S/C17H27NO3/c1-4-5-6-15(20)13-7-9-14(10-8-13)16(21)18-17(2,3)11-12-19/h7-10,15,19-20H,4-6,11-12H2,1-3H3,(H,18,21). The van der Waals surface area contributed by atoms with Gasteiger partial charge >= 0.3 is 0 Å². The molecular weight excluding hydrogens is 266 g/mol. The predicted molar refractivity (Wildman–Crippen MR) is 84.2 cm³/mol. The van der Waals surface area contributed by atoms with Gasteiger partial charge in [-0.25, -0.2) is 0 Å². The number of rotatable bonds is 8. The Morgan fingerprint density at radius 3 is 2.43 bits per heavy atom. The Morgan fingerprint density at radius 2 is 1.90 bits per heavy atom. The molecule has 0 aliphatic carbocycles. The Hall–Kier alpha value is -1.39. The van der Waals surface area contributed by atoms with Gasteiger partial charge in [-0.1, -0.05) is 31.9 Å². The highest BCUT2D eigenvalue weighted by atomic mass is 16.3. The fourth-order valence-electron chi connectivity index (χ4n) is 2.14. The molecule has 0 saturated carbocycles. The maximum atomic E-state index is 12.1. The van der Waals surface area contributed by atoms with E-state index in [9.17, 15) is 9.90 Å². The number of hydrogen-bond donors (Lipinski definition) is 3. The van der Waals surface area contributed by atoms with Gasteiger partial charge in [-0.2, -0.15) is 0 Å². The average Bonchev–Trinajstić information content (AvgIpc) is 2.44. The average molecular weight is 293 g/mol. The van der Waals surface area contributed by atoms with Crippen molar-refractivity contribution in [1.82, 2.24) is 5.32 Å². The van der Waals surface area contributed by atoms with Gasteiger partial charge < -0.3 is 15.5 Å². The van der Waals surface area contributed by atoms with Gasteiger partial charge in [-0.15, -0.1) is 0 Å². The fraction of sp³-hybridized carbons (Fsp3) is 0.588. The Morgan fingerprint density at radius 1 is 1.29 bits per heavy atom. The van der Waals surface area contributed by atoms with Gasteiger partial charge in [0, 0.05) is 17.7 Å². The first-order chi connectivity index (χ1) is 9.89. The van der Waals surface area contributed by atoms with Crippen LogP contribution in [0.4, 0.5) is 0 Å². The van der Waals surface area contributed by atoms with Gasteiger partial charge in [0.05, 0.1) is 6.10 Å². The Balaban J connectivity index is 2.67. The van der Waals surface area contributed by atoms with Crippen molar-refractivity contribution in [2.75, 3.05) is 6.61 Å². The Kier molecular flexibility index (Phi) is 6.85. The van der Waals surface area contributed by atoms with Crippen molar-refractivity contribution in [2.24, 2.45) is 0 Å². The second-order valence-electron chi connectivity index (χ2n) is 6.09. The number of carbonyl (C=O) groups is 1. The van der Waals surface area contributed by atoms with E-state index in [2.05, 4.69) is 12.2 Å². The van der Waals surface area contributed by atoms with Crippen LogP contribution in [0.5, 0.6) is 0 Å². The molecule has 1 rings (SSSR count). The van der Waals surface area contributed by atoms with Crippen molar-refractivity contribution in [3.63, 3.8) is 0 Å². The zero-order valence-corrected chi connectivity index (χ0v) is 13.2. The highest BCUT2D eigenvalue weighted by molar-refractivity contribution is 5.94. The van der Waals surface area contributed by atoms with Crippen molar-refractivity contribution >= 4 is 5.91 Å². The number of benzene rings is 1. The van der Waals surface area contributed by atoms with E-state index in [-0.39, 0.29) is 12.5 Å². The molecule has 0 saturated heterocycles. The van der Waals surface area contributed by atoms with E-state index in [0.29, 0.717) is 12.0 Å². The van der Waals surface area contributed by atoms with Crippen LogP contribution in [-0.2, 0) is 0 Å². The summed E-state index contributed by atoms with van der Waals surface area (Å²) in [5, 5.41) is 21.9. The molecule has 4 heteroatoms. The summed E-state index contributed by atoms with van der Waals surface area (Å²) in [5.41, 5.74) is 0.965. The number of aliphatic hydroxyl groups excluding tert-OH is 2. The highest BCUT2D eigenvalue weighted by Crippen LogP contribution is 2.20. The van der Waals surface area contributed by atoms with Crippen LogP contribution in [0, 0.1) is 0 Å². The van der Waals surface area contributed by atoms with Crippen LogP contribution in [0.3, 0.4) is 0 Å². The number of unbranched alkanes of at least 4 members (excludes halogenated alkanes) is 1. The van der Waals surface area contributed by atoms with Crippen LogP contribution in [0.1, 0.15) is 68.5 Å². The third kappa shape index (κ3) is 5.86. The second-order valence-corrected chi connectivity index (χ2v) is 6.09. The maximum Gasteiger partial charge on any atom is 0.251 e. The van der Waals surface area contributed by atoms with Crippen LogP contribution in [0.15, 0.2) is 24.3 Å². The lowest BCUT2D eigenvalue weighted by Crippen LogP contribution is -2.44. The van der Waals surface area contributed by atoms with Crippen LogP contribution in [0.2, 0.25) is 0 Å². The van der Waals surface area contributed by atoms with Crippen molar-refractivity contribution in [3.05, 3.63) is 35.4 Å². The van der Waals surface area contributed by atoms with Gasteiger partial charge in [0.15, 0.2) is 0 Å².